The number of nitrogens with zero attached hydrogens (tertiary/aromatic N) is 2. The standard InChI is InChI=1S/C16H15F2N3O4S.Ca.2H/c1-23-13-5-6-19-12(14(13)24-2)8-26(22)16-20-10-4-3-9(25-15(17)18)7-11(10)21-16;;;/h3-7,15H,8H2,1-2H3,(H,20,21);;;. The van der Waals surface area contributed by atoms with Crippen LogP contribution in [0.15, 0.2) is 35.6 Å². The zero-order valence-electron chi connectivity index (χ0n) is 13.9. The minimum atomic E-state index is -2.92. The fourth-order valence-corrected chi connectivity index (χ4v) is 3.41. The third-order valence-corrected chi connectivity index (χ3v) is 4.67. The Hall–Kier alpha value is -1.33. The van der Waals surface area contributed by atoms with Gasteiger partial charge in [0.05, 0.1) is 25.3 Å². The molecule has 0 radical (unpaired) electrons. The first-order valence-electron chi connectivity index (χ1n) is 7.40. The van der Waals surface area contributed by atoms with Gasteiger partial charge in [0.1, 0.15) is 11.4 Å². The summed E-state index contributed by atoms with van der Waals surface area (Å²) in [6.07, 6.45) is 1.53. The molecule has 1 N–H and O–H groups in total. The van der Waals surface area contributed by atoms with Gasteiger partial charge in [0.25, 0.3) is 0 Å². The number of aromatic amines is 1. The van der Waals surface area contributed by atoms with Gasteiger partial charge in [0, 0.05) is 29.5 Å². The number of ether oxygens (including phenoxy) is 3. The summed E-state index contributed by atoms with van der Waals surface area (Å²) < 4.78 is 52.1. The molecule has 11 heteroatoms. The van der Waals surface area contributed by atoms with Crippen molar-refractivity contribution in [2.45, 2.75) is 17.5 Å². The molecule has 0 aliphatic rings. The predicted octanol–water partition coefficient (Wildman–Crippen LogP) is 1.97. The van der Waals surface area contributed by atoms with Crippen LogP contribution in [-0.2, 0) is 16.9 Å². The molecule has 142 valence electrons. The number of alkyl halides is 2. The fourth-order valence-electron chi connectivity index (χ4n) is 2.39. The summed E-state index contributed by atoms with van der Waals surface area (Å²) in [7, 11) is 2.97. The van der Waals surface area contributed by atoms with Gasteiger partial charge in [-0.05, 0) is 12.1 Å². The van der Waals surface area contributed by atoms with Crippen molar-refractivity contribution in [2.75, 3.05) is 14.2 Å². The Morgan fingerprint density at radius 2 is 2.00 bits per heavy atom. The van der Waals surface area contributed by atoms with Crippen LogP contribution < -0.4 is 14.2 Å². The molecule has 1 atom stereocenters. The van der Waals surface area contributed by atoms with Gasteiger partial charge in [0.2, 0.25) is 0 Å². The van der Waals surface area contributed by atoms with Crippen LogP contribution in [0.2, 0.25) is 0 Å². The summed E-state index contributed by atoms with van der Waals surface area (Å²) in [5.74, 6) is 0.896. The zero-order valence-corrected chi connectivity index (χ0v) is 14.7. The second-order valence-corrected chi connectivity index (χ2v) is 6.45. The number of imidazole rings is 1. The van der Waals surface area contributed by atoms with Crippen LogP contribution in [0, 0.1) is 0 Å². The minimum absolute atomic E-state index is 0. The normalized spacial score (nSPS) is 11.9. The van der Waals surface area contributed by atoms with Crippen LogP contribution >= 0.6 is 0 Å². The summed E-state index contributed by atoms with van der Waals surface area (Å²) in [4.78, 5) is 11.3. The number of rotatable bonds is 7. The molecule has 7 nitrogen and oxygen atoms in total. The Kier molecular flexibility index (Phi) is 7.92. The molecule has 0 amide bonds. The Morgan fingerprint density at radius 3 is 2.67 bits per heavy atom. The molecule has 0 spiro atoms. The SMILES string of the molecule is COc1ccnc(C[S+]([O-])c2nc3cc(OC(F)F)ccc3[nH]2)c1OC.[CaH2]. The van der Waals surface area contributed by atoms with Crippen LogP contribution in [0.1, 0.15) is 5.69 Å². The Labute approximate surface area is 186 Å². The number of nitrogens with one attached hydrogen (secondary N) is 1. The van der Waals surface area contributed by atoms with Gasteiger partial charge in [-0.15, -0.1) is 0 Å². The van der Waals surface area contributed by atoms with Crippen LogP contribution in [0.5, 0.6) is 17.2 Å². The van der Waals surface area contributed by atoms with E-state index in [1.54, 1.807) is 6.07 Å². The molecule has 0 aliphatic heterocycles. The average Bonchev–Trinajstić information content (AvgIpc) is 3.04. The van der Waals surface area contributed by atoms with Crippen LogP contribution in [0.25, 0.3) is 11.0 Å². The second-order valence-electron chi connectivity index (χ2n) is 5.08. The van der Waals surface area contributed by atoms with E-state index in [0.29, 0.717) is 28.2 Å². The third kappa shape index (κ3) is 5.14. The summed E-state index contributed by atoms with van der Waals surface area (Å²) in [6, 6.07) is 5.90. The van der Waals surface area contributed by atoms with Gasteiger partial charge in [-0.3, -0.25) is 9.97 Å². The van der Waals surface area contributed by atoms with Crippen molar-refractivity contribution in [3.05, 3.63) is 36.2 Å². The number of aromatic nitrogens is 3. The van der Waals surface area contributed by atoms with Gasteiger partial charge < -0.3 is 18.8 Å². The Bertz CT molecular complexity index is 913. The number of H-pyrrole nitrogens is 1. The number of hydrogen-bond donors (Lipinski definition) is 1. The zero-order chi connectivity index (χ0) is 18.7. The van der Waals surface area contributed by atoms with Crippen LogP contribution in [0.3, 0.4) is 0 Å². The van der Waals surface area contributed by atoms with E-state index in [9.17, 15) is 13.3 Å². The van der Waals surface area contributed by atoms with E-state index in [2.05, 4.69) is 19.7 Å². The van der Waals surface area contributed by atoms with Crippen LogP contribution in [-0.4, -0.2) is 78.1 Å². The van der Waals surface area contributed by atoms with E-state index in [-0.39, 0.29) is 54.4 Å². The number of halogens is 2. The van der Waals surface area contributed by atoms with Gasteiger partial charge in [-0.2, -0.15) is 13.8 Å². The third-order valence-electron chi connectivity index (χ3n) is 3.51. The van der Waals surface area contributed by atoms with E-state index >= 15 is 0 Å². The van der Waals surface area contributed by atoms with Crippen molar-refractivity contribution in [2.24, 2.45) is 0 Å². The number of fused-ring (bicyclic) bond motifs is 1. The molecule has 2 heterocycles. The van der Waals surface area contributed by atoms with Crippen molar-refractivity contribution in [1.29, 1.82) is 0 Å². The summed E-state index contributed by atoms with van der Waals surface area (Å²) in [6.45, 7) is -2.92. The van der Waals surface area contributed by atoms with E-state index in [4.69, 9.17) is 9.47 Å². The fraction of sp³-hybridized carbons (Fsp3) is 0.250. The van der Waals surface area contributed by atoms with E-state index in [0.717, 1.165) is 0 Å². The quantitative estimate of drug-likeness (QED) is 0.460. The van der Waals surface area contributed by atoms with E-state index in [1.807, 2.05) is 0 Å². The van der Waals surface area contributed by atoms with Crippen LogP contribution in [0.4, 0.5) is 8.78 Å². The molecule has 0 fully saturated rings. The Balaban J connectivity index is 0.00000261. The first kappa shape index (κ1) is 22.0. The molecule has 1 aromatic carbocycles. The molecule has 27 heavy (non-hydrogen) atoms. The van der Waals surface area contributed by atoms with Gasteiger partial charge in [-0.25, -0.2) is 0 Å². The molecule has 3 aromatic rings. The second kappa shape index (κ2) is 9.74. The predicted molar refractivity (Wildman–Crippen MR) is 98.7 cm³/mol. The molecule has 2 aromatic heterocycles. The molecule has 0 bridgehead atoms. The molecule has 0 aliphatic carbocycles. The van der Waals surface area contributed by atoms with E-state index in [1.165, 1.54) is 38.6 Å². The monoisotopic (exact) mass is 425 g/mol. The first-order valence-corrected chi connectivity index (χ1v) is 8.72. The number of benzene rings is 1. The van der Waals surface area contributed by atoms with Gasteiger partial charge >= 0.3 is 49.5 Å². The molecular formula is C16H17CaF2N3O4S. The molecule has 0 saturated carbocycles. The summed E-state index contributed by atoms with van der Waals surface area (Å²) in [5.41, 5.74) is 1.38. The maximum atomic E-state index is 12.6. The maximum absolute atomic E-state index is 12.6. The molecule has 3 rings (SSSR count). The van der Waals surface area contributed by atoms with Crippen molar-refractivity contribution in [1.82, 2.24) is 15.0 Å². The van der Waals surface area contributed by atoms with Gasteiger partial charge in [0.15, 0.2) is 17.3 Å². The molecule has 1 unspecified atom stereocenters. The number of hydrogen-bond acceptors (Lipinski definition) is 6. The van der Waals surface area contributed by atoms with Crippen molar-refractivity contribution in [3.8, 4) is 17.2 Å². The average molecular weight is 425 g/mol. The van der Waals surface area contributed by atoms with Crippen molar-refractivity contribution < 1.29 is 27.5 Å². The van der Waals surface area contributed by atoms with Crippen molar-refractivity contribution >= 4 is 59.9 Å². The van der Waals surface area contributed by atoms with Crippen molar-refractivity contribution in [3.63, 3.8) is 0 Å². The number of pyridine rings is 1. The van der Waals surface area contributed by atoms with E-state index < -0.39 is 17.8 Å². The van der Waals surface area contributed by atoms with Gasteiger partial charge in [-0.1, -0.05) is 0 Å². The molecular weight excluding hydrogens is 408 g/mol. The summed E-state index contributed by atoms with van der Waals surface area (Å²) in [5, 5.41) is 0.195. The summed E-state index contributed by atoms with van der Waals surface area (Å²) >= 11 is -1.56. The Morgan fingerprint density at radius 1 is 1.22 bits per heavy atom. The number of methoxy groups -OCH3 is 2. The molecule has 0 saturated heterocycles. The first-order chi connectivity index (χ1) is 12.5. The topological polar surface area (TPSA) is 92.3 Å².